The van der Waals surface area contributed by atoms with Gasteiger partial charge in [0.25, 0.3) is 5.91 Å². The minimum atomic E-state index is -0.420. The highest BCUT2D eigenvalue weighted by atomic mass is 32.2. The number of hydrogen-bond donors (Lipinski definition) is 2. The zero-order chi connectivity index (χ0) is 22.2. The monoisotopic (exact) mass is 448 g/mol. The van der Waals surface area contributed by atoms with E-state index in [1.165, 1.54) is 17.3 Å². The van der Waals surface area contributed by atoms with Crippen molar-refractivity contribution in [1.29, 1.82) is 0 Å². The second kappa shape index (κ2) is 11.2. The summed E-state index contributed by atoms with van der Waals surface area (Å²) in [5, 5.41) is 4.54. The number of benzene rings is 2. The van der Waals surface area contributed by atoms with Gasteiger partial charge in [0.2, 0.25) is 0 Å². The number of rotatable bonds is 9. The van der Waals surface area contributed by atoms with E-state index >= 15 is 0 Å². The van der Waals surface area contributed by atoms with Crippen LogP contribution in [0.4, 0.5) is 0 Å². The number of morpholine rings is 1. The zero-order valence-electron chi connectivity index (χ0n) is 17.9. The number of pyridine rings is 1. The summed E-state index contributed by atoms with van der Waals surface area (Å²) in [7, 11) is 0. The van der Waals surface area contributed by atoms with Gasteiger partial charge >= 0.3 is 0 Å². The number of carbonyl (C=O) groups is 1. The smallest absolute Gasteiger partial charge is 0.255 e. The van der Waals surface area contributed by atoms with E-state index < -0.39 is 5.91 Å². The van der Waals surface area contributed by atoms with Gasteiger partial charge in [-0.3, -0.25) is 14.7 Å². The Balaban J connectivity index is 1.39. The lowest BCUT2D eigenvalue weighted by atomic mass is 10.0. The van der Waals surface area contributed by atoms with Gasteiger partial charge in [-0.15, -0.1) is 11.8 Å². The quantitative estimate of drug-likeness (QED) is 0.297. The Bertz CT molecular complexity index is 1070. The van der Waals surface area contributed by atoms with Crippen molar-refractivity contribution >= 4 is 34.6 Å². The Morgan fingerprint density at radius 3 is 2.75 bits per heavy atom. The average molecular weight is 449 g/mol. The maximum atomic E-state index is 12.0. The summed E-state index contributed by atoms with van der Waals surface area (Å²) in [6.45, 7) is 4.13. The minimum absolute atomic E-state index is 0.259. The highest BCUT2D eigenvalue weighted by molar-refractivity contribution is 8.04. The largest absolute Gasteiger partial charge is 0.379 e. The van der Waals surface area contributed by atoms with Gasteiger partial charge in [-0.05, 0) is 35.4 Å². The summed E-state index contributed by atoms with van der Waals surface area (Å²) in [5.41, 5.74) is 8.80. The number of nitrogens with two attached hydrogens (primary N) is 1. The van der Waals surface area contributed by atoms with Crippen molar-refractivity contribution in [2.75, 3.05) is 38.7 Å². The number of primary amides is 1. The fraction of sp³-hybridized carbons (Fsp3) is 0.280. The summed E-state index contributed by atoms with van der Waals surface area (Å²) in [6, 6.07) is 20.6. The highest BCUT2D eigenvalue weighted by Crippen LogP contribution is 2.23. The van der Waals surface area contributed by atoms with Crippen molar-refractivity contribution in [2.24, 2.45) is 5.73 Å². The van der Waals surface area contributed by atoms with Crippen LogP contribution in [-0.2, 0) is 9.53 Å². The van der Waals surface area contributed by atoms with Gasteiger partial charge < -0.3 is 15.8 Å². The highest BCUT2D eigenvalue weighted by Gasteiger charge is 2.22. The van der Waals surface area contributed by atoms with Crippen LogP contribution in [0.15, 0.2) is 71.8 Å². The number of thioether (sulfide) groups is 1. The van der Waals surface area contributed by atoms with Gasteiger partial charge in [0, 0.05) is 43.1 Å². The minimum Gasteiger partial charge on any atom is -0.379 e. The topological polar surface area (TPSA) is 80.5 Å². The van der Waals surface area contributed by atoms with Crippen LogP contribution in [0.3, 0.4) is 0 Å². The van der Waals surface area contributed by atoms with Crippen molar-refractivity contribution in [3.63, 3.8) is 0 Å². The Morgan fingerprint density at radius 1 is 1.16 bits per heavy atom. The van der Waals surface area contributed by atoms with E-state index in [1.807, 2.05) is 42.5 Å². The lowest BCUT2D eigenvalue weighted by Gasteiger charge is -2.35. The maximum Gasteiger partial charge on any atom is 0.255 e. The lowest BCUT2D eigenvalue weighted by molar-refractivity contribution is -0.113. The molecule has 6 nitrogen and oxygen atoms in total. The van der Waals surface area contributed by atoms with E-state index in [0.717, 1.165) is 49.3 Å². The standard InChI is InChI=1S/C25H28N4O2S/c26-25(30)24(16-19-8-9-22-21(15-19)7-4-10-28-22)32-18-27-17-23(20-5-2-1-3-6-20)29-11-13-31-14-12-29/h1-10,15-16,23,27H,11-14,17-18H2,(H2,26,30)/b24-16-. The molecule has 32 heavy (non-hydrogen) atoms. The van der Waals surface area contributed by atoms with Crippen LogP contribution in [-0.4, -0.2) is 54.5 Å². The molecule has 166 valence electrons. The molecule has 3 N–H and O–H groups in total. The molecule has 4 rings (SSSR count). The Hall–Kier alpha value is -2.71. The van der Waals surface area contributed by atoms with E-state index in [1.54, 1.807) is 6.20 Å². The molecule has 0 radical (unpaired) electrons. The van der Waals surface area contributed by atoms with Crippen molar-refractivity contribution in [3.05, 3.63) is 82.9 Å². The number of aromatic nitrogens is 1. The molecule has 2 heterocycles. The van der Waals surface area contributed by atoms with E-state index in [0.29, 0.717) is 10.8 Å². The molecule has 2 aromatic carbocycles. The summed E-state index contributed by atoms with van der Waals surface area (Å²) < 4.78 is 5.52. The second-order valence-corrected chi connectivity index (χ2v) is 8.66. The summed E-state index contributed by atoms with van der Waals surface area (Å²) in [5.74, 6) is 0.174. The number of hydrogen-bond acceptors (Lipinski definition) is 6. The van der Waals surface area contributed by atoms with E-state index in [2.05, 4.69) is 39.5 Å². The number of carbonyl (C=O) groups excluding carboxylic acids is 1. The van der Waals surface area contributed by atoms with Crippen LogP contribution < -0.4 is 11.1 Å². The van der Waals surface area contributed by atoms with Gasteiger partial charge in [0.1, 0.15) is 0 Å². The van der Waals surface area contributed by atoms with Crippen LogP contribution in [0.1, 0.15) is 17.2 Å². The maximum absolute atomic E-state index is 12.0. The molecule has 1 unspecified atom stereocenters. The van der Waals surface area contributed by atoms with Gasteiger partial charge in [-0.2, -0.15) is 0 Å². The van der Waals surface area contributed by atoms with Gasteiger partial charge in [0.05, 0.1) is 23.6 Å². The third-order valence-electron chi connectivity index (χ3n) is 5.51. The molecule has 1 aliphatic rings. The summed E-state index contributed by atoms with van der Waals surface area (Å²) >= 11 is 1.43. The number of nitrogens with zero attached hydrogens (tertiary/aromatic N) is 2. The molecule has 1 fully saturated rings. The van der Waals surface area contributed by atoms with Gasteiger partial charge in [0.15, 0.2) is 0 Å². The number of amides is 1. The molecule has 0 saturated carbocycles. The van der Waals surface area contributed by atoms with Crippen LogP contribution in [0.2, 0.25) is 0 Å². The first kappa shape index (κ1) is 22.5. The predicted molar refractivity (Wildman–Crippen MR) is 131 cm³/mol. The molecule has 0 bridgehead atoms. The first-order chi connectivity index (χ1) is 15.7. The Labute approximate surface area is 192 Å². The third-order valence-corrected chi connectivity index (χ3v) is 6.48. The van der Waals surface area contributed by atoms with Crippen LogP contribution in [0.5, 0.6) is 0 Å². The molecule has 1 aliphatic heterocycles. The van der Waals surface area contributed by atoms with E-state index in [9.17, 15) is 4.79 Å². The molecule has 1 aromatic heterocycles. The second-order valence-electron chi connectivity index (χ2n) is 7.65. The number of ether oxygens (including phenoxy) is 1. The lowest BCUT2D eigenvalue weighted by Crippen LogP contribution is -2.42. The Kier molecular flexibility index (Phi) is 7.90. The van der Waals surface area contributed by atoms with Crippen molar-refractivity contribution in [3.8, 4) is 0 Å². The molecular formula is C25H28N4O2S. The molecule has 0 aliphatic carbocycles. The SMILES string of the molecule is NC(=O)/C(=C/c1ccc2ncccc2c1)SCNCC(c1ccccc1)N1CCOCC1. The van der Waals surface area contributed by atoms with Crippen molar-refractivity contribution in [1.82, 2.24) is 15.2 Å². The van der Waals surface area contributed by atoms with E-state index in [4.69, 9.17) is 10.5 Å². The summed E-state index contributed by atoms with van der Waals surface area (Å²) in [6.07, 6.45) is 3.62. The number of fused-ring (bicyclic) bond motifs is 1. The van der Waals surface area contributed by atoms with Crippen molar-refractivity contribution in [2.45, 2.75) is 6.04 Å². The molecule has 0 spiro atoms. The first-order valence-electron chi connectivity index (χ1n) is 10.8. The van der Waals surface area contributed by atoms with Crippen LogP contribution in [0.25, 0.3) is 17.0 Å². The fourth-order valence-corrected chi connectivity index (χ4v) is 4.60. The molecule has 7 heteroatoms. The van der Waals surface area contributed by atoms with Gasteiger partial charge in [-0.1, -0.05) is 42.5 Å². The predicted octanol–water partition coefficient (Wildman–Crippen LogP) is 3.41. The van der Waals surface area contributed by atoms with Gasteiger partial charge in [-0.25, -0.2) is 0 Å². The average Bonchev–Trinajstić information content (AvgIpc) is 2.84. The molecule has 1 atom stereocenters. The molecule has 1 amide bonds. The molecule has 3 aromatic rings. The number of nitrogens with one attached hydrogen (secondary N) is 1. The Morgan fingerprint density at radius 2 is 1.97 bits per heavy atom. The van der Waals surface area contributed by atoms with Crippen molar-refractivity contribution < 1.29 is 9.53 Å². The normalized spacial score (nSPS) is 16.2. The first-order valence-corrected chi connectivity index (χ1v) is 11.8. The third kappa shape index (κ3) is 5.95. The van der Waals surface area contributed by atoms with Crippen LogP contribution >= 0.6 is 11.8 Å². The molecular weight excluding hydrogens is 420 g/mol. The van der Waals surface area contributed by atoms with E-state index in [-0.39, 0.29) is 6.04 Å². The zero-order valence-corrected chi connectivity index (χ0v) is 18.8. The molecule has 1 saturated heterocycles. The fourth-order valence-electron chi connectivity index (χ4n) is 3.87. The van der Waals surface area contributed by atoms with Crippen LogP contribution in [0, 0.1) is 0 Å². The summed E-state index contributed by atoms with van der Waals surface area (Å²) in [4.78, 5) is 19.4.